The highest BCUT2D eigenvalue weighted by Crippen LogP contribution is 2.18. The molecule has 0 heterocycles. The molecule has 1 aromatic carbocycles. The smallest absolute Gasteiger partial charge is 0.263 e. The third kappa shape index (κ3) is 3.06. The molecule has 1 atom stereocenters. The average Bonchev–Trinajstić information content (AvgIpc) is 2.21. The molecule has 0 radical (unpaired) electrons. The number of hydrogen-bond acceptors (Lipinski definition) is 3. The van der Waals surface area contributed by atoms with Crippen LogP contribution in [0.25, 0.3) is 0 Å². The van der Waals surface area contributed by atoms with E-state index in [9.17, 15) is 8.42 Å². The quantitative estimate of drug-likeness (QED) is 0.762. The summed E-state index contributed by atoms with van der Waals surface area (Å²) in [5, 5.41) is 0. The molecule has 0 spiro atoms. The summed E-state index contributed by atoms with van der Waals surface area (Å²) in [4.78, 5) is 0.232. The van der Waals surface area contributed by atoms with E-state index in [1.165, 1.54) is 0 Å². The van der Waals surface area contributed by atoms with Gasteiger partial charge in [-0.1, -0.05) is 13.0 Å². The lowest BCUT2D eigenvalue weighted by molar-refractivity contribution is 0.224. The standard InChI is InChI=1S/C12H18O3S/c1-5-11(4)15-16(13,14)12-7-6-9(2)10(3)8-12/h6-8,11H,5H2,1-4H3. The van der Waals surface area contributed by atoms with Gasteiger partial charge < -0.3 is 0 Å². The second-order valence-corrected chi connectivity index (χ2v) is 5.59. The van der Waals surface area contributed by atoms with Crippen molar-refractivity contribution in [3.8, 4) is 0 Å². The van der Waals surface area contributed by atoms with Crippen molar-refractivity contribution >= 4 is 10.1 Å². The molecule has 0 saturated heterocycles. The topological polar surface area (TPSA) is 43.4 Å². The maximum Gasteiger partial charge on any atom is 0.297 e. The zero-order chi connectivity index (χ0) is 12.3. The molecule has 4 heteroatoms. The van der Waals surface area contributed by atoms with Gasteiger partial charge in [-0.05, 0) is 50.5 Å². The monoisotopic (exact) mass is 242 g/mol. The summed E-state index contributed by atoms with van der Waals surface area (Å²) in [5.74, 6) is 0. The molecule has 0 saturated carbocycles. The zero-order valence-electron chi connectivity index (χ0n) is 10.1. The maximum atomic E-state index is 11.8. The van der Waals surface area contributed by atoms with Gasteiger partial charge in [0.15, 0.2) is 0 Å². The van der Waals surface area contributed by atoms with Gasteiger partial charge in [-0.3, -0.25) is 4.18 Å². The van der Waals surface area contributed by atoms with Gasteiger partial charge in [0.05, 0.1) is 11.0 Å². The van der Waals surface area contributed by atoms with Crippen LogP contribution in [0.3, 0.4) is 0 Å². The van der Waals surface area contributed by atoms with Crippen molar-refractivity contribution in [2.24, 2.45) is 0 Å². The Hall–Kier alpha value is -0.870. The van der Waals surface area contributed by atoms with Gasteiger partial charge in [0, 0.05) is 0 Å². The molecule has 90 valence electrons. The van der Waals surface area contributed by atoms with Gasteiger partial charge in [0.1, 0.15) is 0 Å². The Kier molecular flexibility index (Phi) is 4.10. The molecule has 0 aliphatic carbocycles. The lowest BCUT2D eigenvalue weighted by atomic mass is 10.1. The van der Waals surface area contributed by atoms with Crippen LogP contribution in [0.4, 0.5) is 0 Å². The Morgan fingerprint density at radius 1 is 1.25 bits per heavy atom. The summed E-state index contributed by atoms with van der Waals surface area (Å²) < 4.78 is 28.7. The van der Waals surface area contributed by atoms with E-state index in [-0.39, 0.29) is 11.0 Å². The predicted molar refractivity (Wildman–Crippen MR) is 63.9 cm³/mol. The Balaban J connectivity index is 3.03. The number of aryl methyl sites for hydroxylation is 2. The van der Waals surface area contributed by atoms with E-state index >= 15 is 0 Å². The molecule has 3 nitrogen and oxygen atoms in total. The van der Waals surface area contributed by atoms with Crippen molar-refractivity contribution in [2.45, 2.75) is 45.1 Å². The van der Waals surface area contributed by atoms with Crippen LogP contribution < -0.4 is 0 Å². The van der Waals surface area contributed by atoms with Crippen molar-refractivity contribution < 1.29 is 12.6 Å². The maximum absolute atomic E-state index is 11.8. The molecule has 0 amide bonds. The molecular formula is C12H18O3S. The van der Waals surface area contributed by atoms with Crippen LogP contribution in [-0.4, -0.2) is 14.5 Å². The molecule has 0 N–H and O–H groups in total. The first-order chi connectivity index (χ1) is 7.36. The summed E-state index contributed by atoms with van der Waals surface area (Å²) in [6, 6.07) is 5.02. The molecule has 0 aromatic heterocycles. The second-order valence-electron chi connectivity index (χ2n) is 4.02. The predicted octanol–water partition coefficient (Wildman–Crippen LogP) is 2.81. The molecular weight excluding hydrogens is 224 g/mol. The van der Waals surface area contributed by atoms with E-state index < -0.39 is 10.1 Å². The highest BCUT2D eigenvalue weighted by atomic mass is 32.2. The zero-order valence-corrected chi connectivity index (χ0v) is 11.0. The first-order valence-electron chi connectivity index (χ1n) is 5.37. The summed E-state index contributed by atoms with van der Waals surface area (Å²) in [6.45, 7) is 7.47. The van der Waals surface area contributed by atoms with Crippen LogP contribution in [0, 0.1) is 13.8 Å². The van der Waals surface area contributed by atoms with Crippen LogP contribution in [0.2, 0.25) is 0 Å². The van der Waals surface area contributed by atoms with Gasteiger partial charge in [-0.15, -0.1) is 0 Å². The fourth-order valence-corrected chi connectivity index (χ4v) is 2.44. The highest BCUT2D eigenvalue weighted by molar-refractivity contribution is 7.86. The van der Waals surface area contributed by atoms with Gasteiger partial charge in [0.25, 0.3) is 10.1 Å². The SMILES string of the molecule is CCC(C)OS(=O)(=O)c1ccc(C)c(C)c1. The fourth-order valence-electron chi connectivity index (χ4n) is 1.21. The minimum absolute atomic E-state index is 0.232. The third-order valence-corrected chi connectivity index (χ3v) is 4.05. The summed E-state index contributed by atoms with van der Waals surface area (Å²) >= 11 is 0. The lowest BCUT2D eigenvalue weighted by Gasteiger charge is -2.11. The number of hydrogen-bond donors (Lipinski definition) is 0. The normalized spacial score (nSPS) is 13.8. The van der Waals surface area contributed by atoms with E-state index in [0.29, 0.717) is 6.42 Å². The van der Waals surface area contributed by atoms with Crippen LogP contribution in [0.1, 0.15) is 31.4 Å². The summed E-state index contributed by atoms with van der Waals surface area (Å²) in [5.41, 5.74) is 2.02. The lowest BCUT2D eigenvalue weighted by Crippen LogP contribution is -2.14. The molecule has 1 rings (SSSR count). The molecule has 0 fully saturated rings. The minimum Gasteiger partial charge on any atom is -0.263 e. The van der Waals surface area contributed by atoms with Gasteiger partial charge in [-0.25, -0.2) is 0 Å². The van der Waals surface area contributed by atoms with E-state index in [4.69, 9.17) is 4.18 Å². The van der Waals surface area contributed by atoms with Crippen molar-refractivity contribution in [3.05, 3.63) is 29.3 Å². The van der Waals surface area contributed by atoms with E-state index in [0.717, 1.165) is 11.1 Å². The Morgan fingerprint density at radius 2 is 1.88 bits per heavy atom. The minimum atomic E-state index is -3.61. The highest BCUT2D eigenvalue weighted by Gasteiger charge is 2.18. The van der Waals surface area contributed by atoms with E-state index in [1.807, 2.05) is 20.8 Å². The molecule has 0 aliphatic heterocycles. The molecule has 1 unspecified atom stereocenters. The van der Waals surface area contributed by atoms with Crippen molar-refractivity contribution in [1.82, 2.24) is 0 Å². The van der Waals surface area contributed by atoms with Gasteiger partial charge >= 0.3 is 0 Å². The second kappa shape index (κ2) is 4.97. The van der Waals surface area contributed by atoms with Crippen LogP contribution in [0.5, 0.6) is 0 Å². The molecule has 0 aliphatic rings. The van der Waals surface area contributed by atoms with Crippen LogP contribution >= 0.6 is 0 Å². The van der Waals surface area contributed by atoms with Crippen molar-refractivity contribution in [1.29, 1.82) is 0 Å². The molecule has 1 aromatic rings. The Morgan fingerprint density at radius 3 is 2.38 bits per heavy atom. The van der Waals surface area contributed by atoms with Gasteiger partial charge in [0.2, 0.25) is 0 Å². The average molecular weight is 242 g/mol. The third-order valence-electron chi connectivity index (χ3n) is 2.63. The summed E-state index contributed by atoms with van der Waals surface area (Å²) in [6.07, 6.45) is 0.385. The van der Waals surface area contributed by atoms with Crippen LogP contribution in [-0.2, 0) is 14.3 Å². The molecule has 0 bridgehead atoms. The van der Waals surface area contributed by atoms with E-state index in [2.05, 4.69) is 0 Å². The number of rotatable bonds is 4. The summed E-state index contributed by atoms with van der Waals surface area (Å²) in [7, 11) is -3.61. The fraction of sp³-hybridized carbons (Fsp3) is 0.500. The Bertz CT molecular complexity index is 463. The number of benzene rings is 1. The first-order valence-corrected chi connectivity index (χ1v) is 6.78. The molecule has 16 heavy (non-hydrogen) atoms. The van der Waals surface area contributed by atoms with Gasteiger partial charge in [-0.2, -0.15) is 8.42 Å². The van der Waals surface area contributed by atoms with Crippen molar-refractivity contribution in [3.63, 3.8) is 0 Å². The first kappa shape index (κ1) is 13.2. The van der Waals surface area contributed by atoms with E-state index in [1.54, 1.807) is 25.1 Å². The van der Waals surface area contributed by atoms with Crippen LogP contribution in [0.15, 0.2) is 23.1 Å². The van der Waals surface area contributed by atoms with Crippen molar-refractivity contribution in [2.75, 3.05) is 0 Å². The Labute approximate surface area is 97.6 Å². The largest absolute Gasteiger partial charge is 0.297 e.